The molecule has 1 N–H and O–H groups in total. The van der Waals surface area contributed by atoms with Gasteiger partial charge in [-0.3, -0.25) is 4.98 Å². The summed E-state index contributed by atoms with van der Waals surface area (Å²) in [5.41, 5.74) is 2.12. The number of hydrogen-bond acceptors (Lipinski definition) is 3. The molecule has 76 valence electrons. The summed E-state index contributed by atoms with van der Waals surface area (Å²) in [6, 6.07) is 5.95. The quantitative estimate of drug-likeness (QED) is 0.748. The minimum absolute atomic E-state index is 0.854. The highest BCUT2D eigenvalue weighted by atomic mass is 15.2. The van der Waals surface area contributed by atoms with Crippen molar-refractivity contribution in [3.63, 3.8) is 0 Å². The number of aromatic nitrogens is 3. The topological polar surface area (TPSA) is 42.7 Å². The zero-order valence-corrected chi connectivity index (χ0v) is 8.35. The van der Waals surface area contributed by atoms with Crippen molar-refractivity contribution in [1.29, 1.82) is 0 Å². The monoisotopic (exact) mass is 200 g/mol. The van der Waals surface area contributed by atoms with Crippen LogP contribution in [0.15, 0.2) is 30.6 Å². The number of nitrogens with one attached hydrogen (secondary N) is 1. The van der Waals surface area contributed by atoms with Crippen LogP contribution in [0.3, 0.4) is 0 Å². The van der Waals surface area contributed by atoms with Crippen LogP contribution in [-0.4, -0.2) is 21.1 Å². The molecule has 3 rings (SSSR count). The van der Waals surface area contributed by atoms with Crippen LogP contribution in [0.25, 0.3) is 11.4 Å². The lowest BCUT2D eigenvalue weighted by atomic mass is 10.3. The first-order valence-corrected chi connectivity index (χ1v) is 5.12. The summed E-state index contributed by atoms with van der Waals surface area (Å²) in [5.74, 6) is 1.10. The van der Waals surface area contributed by atoms with Crippen molar-refractivity contribution in [2.75, 3.05) is 6.54 Å². The van der Waals surface area contributed by atoms with Crippen molar-refractivity contribution < 1.29 is 0 Å². The first-order valence-electron chi connectivity index (χ1n) is 5.12. The Morgan fingerprint density at radius 2 is 2.27 bits per heavy atom. The first-order chi connectivity index (χ1) is 7.45. The van der Waals surface area contributed by atoms with E-state index in [0.29, 0.717) is 0 Å². The molecule has 0 saturated heterocycles. The highest BCUT2D eigenvalue weighted by Crippen LogP contribution is 2.19. The van der Waals surface area contributed by atoms with Crippen LogP contribution < -0.4 is 5.32 Å². The van der Waals surface area contributed by atoms with E-state index in [4.69, 9.17) is 0 Å². The fourth-order valence-electron chi connectivity index (χ4n) is 1.91. The largest absolute Gasteiger partial charge is 0.324 e. The molecule has 1 aliphatic heterocycles. The van der Waals surface area contributed by atoms with Gasteiger partial charge >= 0.3 is 0 Å². The van der Waals surface area contributed by atoms with E-state index in [1.807, 2.05) is 30.6 Å². The zero-order chi connectivity index (χ0) is 10.1. The Morgan fingerprint density at radius 1 is 1.27 bits per heavy atom. The summed E-state index contributed by atoms with van der Waals surface area (Å²) in [6.07, 6.45) is 3.72. The SMILES string of the molecule is c1ccc(-c2cnc3n2CCNC3)nc1. The molecule has 0 unspecified atom stereocenters. The third kappa shape index (κ3) is 1.43. The molecule has 0 radical (unpaired) electrons. The van der Waals surface area contributed by atoms with E-state index in [9.17, 15) is 0 Å². The average Bonchev–Trinajstić information content (AvgIpc) is 2.74. The molecule has 1 aliphatic rings. The number of imidazole rings is 1. The van der Waals surface area contributed by atoms with Gasteiger partial charge in [-0.2, -0.15) is 0 Å². The molecule has 3 heterocycles. The smallest absolute Gasteiger partial charge is 0.123 e. The number of pyridine rings is 1. The molecule has 15 heavy (non-hydrogen) atoms. The third-order valence-electron chi connectivity index (χ3n) is 2.66. The summed E-state index contributed by atoms with van der Waals surface area (Å²) in [4.78, 5) is 8.74. The van der Waals surface area contributed by atoms with Crippen LogP contribution in [0.5, 0.6) is 0 Å². The summed E-state index contributed by atoms with van der Waals surface area (Å²) >= 11 is 0. The number of fused-ring (bicyclic) bond motifs is 1. The number of hydrogen-bond donors (Lipinski definition) is 1. The molecular formula is C11H12N4. The average molecular weight is 200 g/mol. The second-order valence-electron chi connectivity index (χ2n) is 3.60. The standard InChI is InChI=1S/C11H12N4/c1-2-4-13-9(3-1)10-7-14-11-8-12-5-6-15(10)11/h1-4,7,12H,5-6,8H2. The van der Waals surface area contributed by atoms with E-state index in [1.165, 1.54) is 0 Å². The van der Waals surface area contributed by atoms with Crippen molar-refractivity contribution in [3.05, 3.63) is 36.4 Å². The predicted molar refractivity (Wildman–Crippen MR) is 57.2 cm³/mol. The van der Waals surface area contributed by atoms with E-state index in [0.717, 1.165) is 36.8 Å². The fourth-order valence-corrected chi connectivity index (χ4v) is 1.91. The van der Waals surface area contributed by atoms with Crippen molar-refractivity contribution >= 4 is 0 Å². The van der Waals surface area contributed by atoms with E-state index in [2.05, 4.69) is 19.9 Å². The van der Waals surface area contributed by atoms with Gasteiger partial charge in [0.2, 0.25) is 0 Å². The molecule has 4 heteroatoms. The molecule has 0 aliphatic carbocycles. The second kappa shape index (κ2) is 3.47. The lowest BCUT2D eigenvalue weighted by Gasteiger charge is -2.17. The molecule has 2 aromatic heterocycles. The van der Waals surface area contributed by atoms with E-state index in [1.54, 1.807) is 0 Å². The molecular weight excluding hydrogens is 188 g/mol. The van der Waals surface area contributed by atoms with Crippen molar-refractivity contribution in [2.24, 2.45) is 0 Å². The van der Waals surface area contributed by atoms with Crippen LogP contribution >= 0.6 is 0 Å². The Labute approximate surface area is 88.0 Å². The summed E-state index contributed by atoms with van der Waals surface area (Å²) in [5, 5.41) is 3.30. The van der Waals surface area contributed by atoms with E-state index >= 15 is 0 Å². The Bertz CT molecular complexity index is 461. The summed E-state index contributed by atoms with van der Waals surface area (Å²) in [6.45, 7) is 2.83. The van der Waals surface area contributed by atoms with E-state index in [-0.39, 0.29) is 0 Å². The van der Waals surface area contributed by atoms with Crippen LogP contribution in [0.2, 0.25) is 0 Å². The third-order valence-corrected chi connectivity index (χ3v) is 2.66. The van der Waals surface area contributed by atoms with Gasteiger partial charge in [-0.05, 0) is 12.1 Å². The maximum atomic E-state index is 4.39. The van der Waals surface area contributed by atoms with Gasteiger partial charge in [0.1, 0.15) is 5.82 Å². The van der Waals surface area contributed by atoms with Crippen molar-refractivity contribution in [2.45, 2.75) is 13.1 Å². The lowest BCUT2D eigenvalue weighted by molar-refractivity contribution is 0.508. The zero-order valence-electron chi connectivity index (χ0n) is 8.35. The van der Waals surface area contributed by atoms with Crippen LogP contribution in [0, 0.1) is 0 Å². The van der Waals surface area contributed by atoms with Crippen LogP contribution in [0.1, 0.15) is 5.82 Å². The molecule has 0 atom stereocenters. The van der Waals surface area contributed by atoms with Gasteiger partial charge in [0.05, 0.1) is 24.1 Å². The minimum atomic E-state index is 0.854. The molecule has 2 aromatic rings. The Morgan fingerprint density at radius 3 is 3.13 bits per heavy atom. The Kier molecular flexibility index (Phi) is 1.99. The van der Waals surface area contributed by atoms with Gasteiger partial charge in [0, 0.05) is 19.3 Å². The fraction of sp³-hybridized carbons (Fsp3) is 0.273. The molecule has 4 nitrogen and oxygen atoms in total. The predicted octanol–water partition coefficient (Wildman–Crippen LogP) is 1.05. The highest BCUT2D eigenvalue weighted by Gasteiger charge is 2.14. The Hall–Kier alpha value is -1.68. The first kappa shape index (κ1) is 8.61. The highest BCUT2D eigenvalue weighted by molar-refractivity contribution is 5.54. The lowest BCUT2D eigenvalue weighted by Crippen LogP contribution is -2.28. The molecule has 0 aromatic carbocycles. The van der Waals surface area contributed by atoms with Crippen LogP contribution in [-0.2, 0) is 13.1 Å². The maximum Gasteiger partial charge on any atom is 0.123 e. The molecule has 0 saturated carbocycles. The van der Waals surface area contributed by atoms with Gasteiger partial charge in [-0.1, -0.05) is 6.07 Å². The van der Waals surface area contributed by atoms with Crippen molar-refractivity contribution in [3.8, 4) is 11.4 Å². The van der Waals surface area contributed by atoms with Gasteiger partial charge in [0.25, 0.3) is 0 Å². The normalized spacial score (nSPS) is 14.9. The summed E-state index contributed by atoms with van der Waals surface area (Å²) in [7, 11) is 0. The second-order valence-corrected chi connectivity index (χ2v) is 3.60. The van der Waals surface area contributed by atoms with E-state index < -0.39 is 0 Å². The number of nitrogens with zero attached hydrogens (tertiary/aromatic N) is 3. The van der Waals surface area contributed by atoms with Crippen molar-refractivity contribution in [1.82, 2.24) is 19.9 Å². The van der Waals surface area contributed by atoms with Gasteiger partial charge in [-0.25, -0.2) is 4.98 Å². The minimum Gasteiger partial charge on any atom is -0.324 e. The molecule has 0 amide bonds. The van der Waals surface area contributed by atoms with Gasteiger partial charge in [-0.15, -0.1) is 0 Å². The molecule has 0 spiro atoms. The van der Waals surface area contributed by atoms with Gasteiger partial charge in [0.15, 0.2) is 0 Å². The summed E-state index contributed by atoms with van der Waals surface area (Å²) < 4.78 is 2.23. The van der Waals surface area contributed by atoms with Crippen LogP contribution in [0.4, 0.5) is 0 Å². The number of rotatable bonds is 1. The molecule has 0 fully saturated rings. The molecule has 0 bridgehead atoms. The maximum absolute atomic E-state index is 4.39. The van der Waals surface area contributed by atoms with Gasteiger partial charge < -0.3 is 9.88 Å². The Balaban J connectivity index is 2.09.